The van der Waals surface area contributed by atoms with Crippen molar-refractivity contribution in [1.29, 1.82) is 0 Å². The molecular weight excluding hydrogens is 916 g/mol. The lowest BCUT2D eigenvalue weighted by molar-refractivity contribution is 0.237. The number of nitrogens with one attached hydrogen (secondary N) is 3. The Bertz CT molecular complexity index is 2920. The topological polar surface area (TPSA) is 249 Å². The Morgan fingerprint density at radius 2 is 1.17 bits per heavy atom. The number of aliphatic hydroxyl groups excluding tert-OH is 2. The van der Waals surface area contributed by atoms with Crippen molar-refractivity contribution < 1.29 is 47.5 Å². The van der Waals surface area contributed by atoms with Crippen molar-refractivity contribution in [3.05, 3.63) is 79.3 Å². The molecule has 23 heteroatoms. The number of nitrogens with zero attached hydrogens (tertiary/aromatic N) is 9. The van der Waals surface area contributed by atoms with Crippen LogP contribution >= 0.6 is 11.6 Å². The number of halogens is 1. The molecule has 2 fully saturated rings. The summed E-state index contributed by atoms with van der Waals surface area (Å²) in [6.45, 7) is 4.13. The molecule has 8 heterocycles. The molecule has 364 valence electrons. The van der Waals surface area contributed by atoms with Crippen LogP contribution in [0.4, 0.5) is 29.2 Å². The molecule has 0 spiro atoms. The zero-order valence-corrected chi connectivity index (χ0v) is 39.6. The van der Waals surface area contributed by atoms with Crippen molar-refractivity contribution in [3.8, 4) is 45.9 Å². The number of ether oxygens (including phenoxy) is 6. The third kappa shape index (κ3) is 10.8. The van der Waals surface area contributed by atoms with Gasteiger partial charge in [-0.05, 0) is 36.9 Å². The molecule has 0 radical (unpaired) electrons. The summed E-state index contributed by atoms with van der Waals surface area (Å²) in [6.07, 6.45) is 12.1. The van der Waals surface area contributed by atoms with Crippen LogP contribution in [0.15, 0.2) is 82.8 Å². The summed E-state index contributed by atoms with van der Waals surface area (Å²) in [5.41, 5.74) is 3.90. The lowest BCUT2D eigenvalue weighted by Gasteiger charge is -2.17. The average Bonchev–Trinajstić information content (AvgIpc) is 4.24. The first-order valence-corrected chi connectivity index (χ1v) is 22.1. The van der Waals surface area contributed by atoms with Crippen LogP contribution in [0.5, 0.6) is 34.5 Å². The van der Waals surface area contributed by atoms with Crippen molar-refractivity contribution in [2.75, 3.05) is 97.6 Å². The van der Waals surface area contributed by atoms with Crippen LogP contribution < -0.4 is 49.3 Å². The second-order valence-corrected chi connectivity index (χ2v) is 16.0. The highest BCUT2D eigenvalue weighted by Crippen LogP contribution is 2.41. The lowest BCUT2D eigenvalue weighted by Crippen LogP contribution is -2.23. The van der Waals surface area contributed by atoms with Crippen LogP contribution in [0, 0.1) is 11.8 Å². The van der Waals surface area contributed by atoms with Crippen LogP contribution in [0.3, 0.4) is 0 Å². The zero-order valence-electron chi connectivity index (χ0n) is 38.8. The van der Waals surface area contributed by atoms with Crippen LogP contribution in [-0.4, -0.2) is 131 Å². The highest BCUT2D eigenvalue weighted by molar-refractivity contribution is 6.28. The number of hydrogen-bond donors (Lipinski definition) is 5. The van der Waals surface area contributed by atoms with Gasteiger partial charge in [-0.25, -0.2) is 19.9 Å². The predicted octanol–water partition coefficient (Wildman–Crippen LogP) is 6.42. The number of fused-ring (bicyclic) bond motifs is 2. The van der Waals surface area contributed by atoms with Gasteiger partial charge in [-0.15, -0.1) is 0 Å². The minimum absolute atomic E-state index is 0.112. The minimum atomic E-state index is 0.112. The summed E-state index contributed by atoms with van der Waals surface area (Å²) in [5.74, 6) is 6.64. The molecule has 2 aromatic carbocycles. The first-order valence-electron chi connectivity index (χ1n) is 21.8. The second kappa shape index (κ2) is 22.1. The molecule has 8 aromatic rings. The highest BCUT2D eigenvalue weighted by atomic mass is 35.5. The Balaban J connectivity index is 0.000000165. The van der Waals surface area contributed by atoms with E-state index in [9.17, 15) is 5.11 Å². The molecule has 0 amide bonds. The number of methoxy groups -OCH3 is 6. The fourth-order valence-corrected chi connectivity index (χ4v) is 7.94. The van der Waals surface area contributed by atoms with E-state index < -0.39 is 0 Å². The first-order chi connectivity index (χ1) is 33.7. The maximum Gasteiger partial charge on any atom is 0.228 e. The maximum atomic E-state index is 9.48. The molecule has 5 N–H and O–H groups in total. The predicted molar refractivity (Wildman–Crippen MR) is 257 cm³/mol. The second-order valence-electron chi connectivity index (χ2n) is 15.7. The summed E-state index contributed by atoms with van der Waals surface area (Å²) in [4.78, 5) is 28.5. The van der Waals surface area contributed by atoms with Gasteiger partial charge in [-0.1, -0.05) is 0 Å². The van der Waals surface area contributed by atoms with Gasteiger partial charge in [0.1, 0.15) is 35.3 Å². The smallest absolute Gasteiger partial charge is 0.228 e. The van der Waals surface area contributed by atoms with Crippen molar-refractivity contribution in [2.24, 2.45) is 11.8 Å². The van der Waals surface area contributed by atoms with Crippen molar-refractivity contribution in [1.82, 2.24) is 44.4 Å². The number of aromatic nitrogens is 8. The van der Waals surface area contributed by atoms with Gasteiger partial charge in [-0.2, -0.15) is 9.97 Å². The third-order valence-corrected chi connectivity index (χ3v) is 11.5. The van der Waals surface area contributed by atoms with Crippen LogP contribution in [-0.2, 0) is 0 Å². The number of hydrogen-bond acceptors (Lipinski definition) is 20. The molecule has 0 saturated carbocycles. The SMILES string of the molecule is COc1cc(-n2cnc(Nc3nc(Cl)nc4ccoc34)c2)cc(OC)c1OC.COc1cc(-n2cnc(Nc3nc(N4CC[C@@H](CO)C4)nc4ccoc34)c2)cc(OC)c1OC.OC[C@@H]1CCNC1. The number of rotatable bonds is 15. The molecule has 2 atom stereocenters. The molecule has 0 aliphatic carbocycles. The van der Waals surface area contributed by atoms with Crippen LogP contribution in [0.1, 0.15) is 12.8 Å². The molecule has 2 aliphatic rings. The van der Waals surface area contributed by atoms with E-state index in [-0.39, 0.29) is 17.8 Å². The van der Waals surface area contributed by atoms with Gasteiger partial charge in [0.05, 0.1) is 79.0 Å². The third-order valence-electron chi connectivity index (χ3n) is 11.4. The van der Waals surface area contributed by atoms with Gasteiger partial charge < -0.3 is 77.5 Å². The van der Waals surface area contributed by atoms with E-state index in [2.05, 4.69) is 45.8 Å². The maximum absolute atomic E-state index is 9.48. The number of anilines is 5. The highest BCUT2D eigenvalue weighted by Gasteiger charge is 2.26. The summed E-state index contributed by atoms with van der Waals surface area (Å²) >= 11 is 5.97. The number of benzene rings is 2. The summed E-state index contributed by atoms with van der Waals surface area (Å²) < 4.78 is 47.2. The molecule has 2 aliphatic heterocycles. The van der Waals surface area contributed by atoms with Gasteiger partial charge in [0.25, 0.3) is 0 Å². The molecule has 6 aromatic heterocycles. The van der Waals surface area contributed by atoms with E-state index in [1.165, 1.54) is 6.26 Å². The van der Waals surface area contributed by atoms with Gasteiger partial charge >= 0.3 is 0 Å². The van der Waals surface area contributed by atoms with E-state index in [1.54, 1.807) is 84.5 Å². The molecule has 0 unspecified atom stereocenters. The minimum Gasteiger partial charge on any atom is -0.493 e. The Morgan fingerprint density at radius 3 is 1.61 bits per heavy atom. The molecular formula is C46H53ClN12O10. The average molecular weight is 969 g/mol. The van der Waals surface area contributed by atoms with Gasteiger partial charge in [-0.3, -0.25) is 0 Å². The van der Waals surface area contributed by atoms with E-state index >= 15 is 0 Å². The lowest BCUT2D eigenvalue weighted by atomic mass is 10.1. The Hall–Kier alpha value is -7.53. The monoisotopic (exact) mass is 968 g/mol. The fourth-order valence-electron chi connectivity index (χ4n) is 7.76. The molecule has 0 bridgehead atoms. The van der Waals surface area contributed by atoms with Crippen molar-refractivity contribution in [2.45, 2.75) is 12.8 Å². The van der Waals surface area contributed by atoms with Gasteiger partial charge in [0.15, 0.2) is 45.8 Å². The Kier molecular flexibility index (Phi) is 15.3. The summed E-state index contributed by atoms with van der Waals surface area (Å²) in [6, 6.07) is 10.8. The number of imidazole rings is 2. The summed E-state index contributed by atoms with van der Waals surface area (Å²) in [5, 5.41) is 27.6. The van der Waals surface area contributed by atoms with E-state index in [0.717, 1.165) is 50.4 Å². The van der Waals surface area contributed by atoms with Crippen molar-refractivity contribution in [3.63, 3.8) is 0 Å². The van der Waals surface area contributed by atoms with Crippen molar-refractivity contribution >= 4 is 63.0 Å². The quantitative estimate of drug-likeness (QED) is 0.0696. The van der Waals surface area contributed by atoms with E-state index in [0.29, 0.717) is 98.4 Å². The fraction of sp³-hybridized carbons (Fsp3) is 0.348. The Labute approximate surface area is 401 Å². The standard InChI is InChI=1S/C23H26N6O5.C18H16ClN5O4.C5H11NO/c1-31-17-8-15(9-18(32-2)21(17)33-3)29-11-19(24-13-29)26-22-20-16(5-7-34-20)25-23(27-22)28-6-4-14(10-28)12-30;1-25-12-6-10(7-13(26-2)16(12)27-3)24-8-14(20-9-24)22-17-15-11(4-5-28-15)21-18(19)23-17;7-4-5-1-2-6-3-5/h5,7-9,11,13-14,30H,4,6,10,12H2,1-3H3,(H,25,26,27);4-9H,1-3H3,(H,21,22,23);5-7H,1-4H2/t14-;;5-/m1.1/s1. The van der Waals surface area contributed by atoms with E-state index in [1.807, 2.05) is 35.0 Å². The van der Waals surface area contributed by atoms with E-state index in [4.69, 9.17) is 58.9 Å². The zero-order chi connectivity index (χ0) is 48.4. The molecule has 2 saturated heterocycles. The van der Waals surface area contributed by atoms with Gasteiger partial charge in [0.2, 0.25) is 22.7 Å². The van der Waals surface area contributed by atoms with Crippen LogP contribution in [0.2, 0.25) is 5.28 Å². The Morgan fingerprint density at radius 1 is 0.667 bits per heavy atom. The molecule has 22 nitrogen and oxygen atoms in total. The number of furan rings is 2. The normalized spacial score (nSPS) is 15.3. The number of aliphatic hydroxyl groups is 2. The largest absolute Gasteiger partial charge is 0.493 e. The van der Waals surface area contributed by atoms with Gasteiger partial charge in [0, 0.05) is 75.2 Å². The first kappa shape index (κ1) is 47.9. The van der Waals surface area contributed by atoms with Crippen LogP contribution in [0.25, 0.3) is 33.6 Å². The molecule has 69 heavy (non-hydrogen) atoms. The molecule has 10 rings (SSSR count). The summed E-state index contributed by atoms with van der Waals surface area (Å²) in [7, 11) is 9.40.